The molecule has 1 aliphatic rings. The molecular weight excluding hydrogens is 470 g/mol. The maximum atomic E-state index is 12.6. The van der Waals surface area contributed by atoms with Crippen molar-refractivity contribution in [2.75, 3.05) is 6.61 Å². The molecule has 0 aliphatic heterocycles. The molecule has 2 atom stereocenters. The molecule has 2 N–H and O–H groups in total. The van der Waals surface area contributed by atoms with Crippen molar-refractivity contribution in [3.63, 3.8) is 0 Å². The van der Waals surface area contributed by atoms with Gasteiger partial charge in [-0.25, -0.2) is 14.4 Å². The molecule has 0 saturated carbocycles. The molecule has 0 radical (unpaired) electrons. The fraction of sp³-hybridized carbons (Fsp3) is 0.300. The lowest BCUT2D eigenvalue weighted by Crippen LogP contribution is -2.42. The Morgan fingerprint density at radius 2 is 1.78 bits per heavy atom. The van der Waals surface area contributed by atoms with Crippen molar-refractivity contribution >= 4 is 23.6 Å². The first-order valence-corrected chi connectivity index (χ1v) is 12.1. The molecule has 0 saturated heterocycles. The van der Waals surface area contributed by atoms with Gasteiger partial charge in [0.15, 0.2) is 0 Å². The Kier molecular flexibility index (Phi) is 8.71. The first-order chi connectivity index (χ1) is 17.5. The third-order valence-corrected chi connectivity index (χ3v) is 5.86. The van der Waals surface area contributed by atoms with Gasteiger partial charge in [0.1, 0.15) is 18.2 Å². The topological polar surface area (TPSA) is 102 Å². The van der Waals surface area contributed by atoms with Crippen molar-refractivity contribution in [3.05, 3.63) is 101 Å². The molecule has 2 unspecified atom stereocenters. The minimum absolute atomic E-state index is 0.0234. The number of aliphatic carboxylic acids is 1. The number of carbonyl (C=O) groups is 3. The third kappa shape index (κ3) is 6.97. The van der Waals surface area contributed by atoms with Crippen LogP contribution in [0.3, 0.4) is 0 Å². The van der Waals surface area contributed by atoms with Gasteiger partial charge in [-0.05, 0) is 67.7 Å². The number of rotatable bonds is 9. The molecule has 3 rings (SSSR count). The summed E-state index contributed by atoms with van der Waals surface area (Å²) in [7, 11) is 0. The number of amides is 1. The van der Waals surface area contributed by atoms with Crippen LogP contribution < -0.4 is 5.32 Å². The Bertz CT molecular complexity index is 1230. The van der Waals surface area contributed by atoms with E-state index >= 15 is 0 Å². The summed E-state index contributed by atoms with van der Waals surface area (Å²) in [6.45, 7) is 11.2. The lowest BCUT2D eigenvalue weighted by molar-refractivity contribution is -0.139. The summed E-state index contributed by atoms with van der Waals surface area (Å²) in [5.41, 5.74) is 4.42. The molecule has 1 aliphatic carbocycles. The zero-order valence-corrected chi connectivity index (χ0v) is 21.6. The van der Waals surface area contributed by atoms with Crippen molar-refractivity contribution in [1.82, 2.24) is 5.32 Å². The number of nitrogens with one attached hydrogen (secondary N) is 1. The van der Waals surface area contributed by atoms with Crippen LogP contribution in [0.15, 0.2) is 78.9 Å². The van der Waals surface area contributed by atoms with Crippen LogP contribution in [-0.4, -0.2) is 41.4 Å². The summed E-state index contributed by atoms with van der Waals surface area (Å²) >= 11 is 0. The zero-order chi connectivity index (χ0) is 27.2. The Hall–Kier alpha value is -4.13. The molecular formula is C30H33NO6. The number of carboxylic acid groups (broad SMARTS) is 1. The van der Waals surface area contributed by atoms with Crippen LogP contribution in [0.25, 0.3) is 5.57 Å². The second-order valence-electron chi connectivity index (χ2n) is 9.75. The van der Waals surface area contributed by atoms with Crippen LogP contribution in [-0.2, 0) is 20.7 Å². The molecule has 194 valence electrons. The van der Waals surface area contributed by atoms with Gasteiger partial charge in [0.2, 0.25) is 0 Å². The number of benzene rings is 2. The first-order valence-electron chi connectivity index (χ1n) is 12.1. The Balaban J connectivity index is 1.65. The van der Waals surface area contributed by atoms with E-state index in [-0.39, 0.29) is 18.9 Å². The van der Waals surface area contributed by atoms with Gasteiger partial charge in [-0.2, -0.15) is 0 Å². The van der Waals surface area contributed by atoms with E-state index in [0.29, 0.717) is 11.1 Å². The van der Waals surface area contributed by atoms with Crippen LogP contribution in [0.1, 0.15) is 60.7 Å². The smallest absolute Gasteiger partial charge is 0.407 e. The quantitative estimate of drug-likeness (QED) is 0.427. The van der Waals surface area contributed by atoms with E-state index in [0.717, 1.165) is 22.3 Å². The number of carbonyl (C=O) groups excluding carboxylic acids is 2. The first kappa shape index (κ1) is 27.5. The van der Waals surface area contributed by atoms with Gasteiger partial charge in [0.25, 0.3) is 0 Å². The Morgan fingerprint density at radius 1 is 1.11 bits per heavy atom. The van der Waals surface area contributed by atoms with Gasteiger partial charge in [-0.3, -0.25) is 0 Å². The largest absolute Gasteiger partial charge is 0.480 e. The molecule has 1 amide bonds. The number of hydrogen-bond donors (Lipinski definition) is 2. The third-order valence-electron chi connectivity index (χ3n) is 5.86. The minimum atomic E-state index is -1.20. The van der Waals surface area contributed by atoms with E-state index in [1.54, 1.807) is 51.1 Å². The van der Waals surface area contributed by atoms with Gasteiger partial charge >= 0.3 is 18.0 Å². The van der Waals surface area contributed by atoms with Gasteiger partial charge in [-0.1, -0.05) is 61.2 Å². The number of esters is 1. The average Bonchev–Trinajstić information content (AvgIpc) is 3.14. The van der Waals surface area contributed by atoms with E-state index in [1.165, 1.54) is 0 Å². The van der Waals surface area contributed by atoms with Gasteiger partial charge < -0.3 is 19.9 Å². The highest BCUT2D eigenvalue weighted by Gasteiger charge is 2.30. The summed E-state index contributed by atoms with van der Waals surface area (Å²) in [5, 5.41) is 12.1. The van der Waals surface area contributed by atoms with E-state index in [4.69, 9.17) is 9.47 Å². The zero-order valence-electron chi connectivity index (χ0n) is 21.6. The summed E-state index contributed by atoms with van der Waals surface area (Å²) < 4.78 is 10.8. The Morgan fingerprint density at radius 3 is 2.38 bits per heavy atom. The molecule has 0 spiro atoms. The minimum Gasteiger partial charge on any atom is -0.480 e. The van der Waals surface area contributed by atoms with Crippen LogP contribution in [0.2, 0.25) is 0 Å². The fourth-order valence-electron chi connectivity index (χ4n) is 4.24. The highest BCUT2D eigenvalue weighted by molar-refractivity contribution is 5.90. The second kappa shape index (κ2) is 11.7. The molecule has 0 fully saturated rings. The predicted molar refractivity (Wildman–Crippen MR) is 142 cm³/mol. The second-order valence-corrected chi connectivity index (χ2v) is 9.75. The normalized spacial score (nSPS) is 15.7. The summed E-state index contributed by atoms with van der Waals surface area (Å²) in [4.78, 5) is 36.6. The summed E-state index contributed by atoms with van der Waals surface area (Å²) in [6, 6.07) is 13.1. The fourth-order valence-corrected chi connectivity index (χ4v) is 4.24. The molecule has 0 bridgehead atoms. The maximum absolute atomic E-state index is 12.6. The van der Waals surface area contributed by atoms with Crippen molar-refractivity contribution in [3.8, 4) is 0 Å². The average molecular weight is 504 g/mol. The molecule has 7 nitrogen and oxygen atoms in total. The molecule has 7 heteroatoms. The number of allylic oxidation sites excluding steroid dienone is 4. The monoisotopic (exact) mass is 503 g/mol. The number of ether oxygens (including phenoxy) is 2. The van der Waals surface area contributed by atoms with Gasteiger partial charge in [-0.15, -0.1) is 0 Å². The SMILES string of the molecule is C=CC1=C(/C=C\C)C(COC(=O)NC(Cc2ccc(C(=O)OC(C)(C)C)cc2)C(=O)O)c2ccccc21. The molecule has 37 heavy (non-hydrogen) atoms. The standard InChI is InChI=1S/C30H33NO6/c1-6-10-22-21(7-2)23-11-8-9-12-24(23)25(22)18-36-29(35)31-26(27(32)33)17-19-13-15-20(16-14-19)28(34)37-30(3,4)5/h6-16,25-26H,2,17-18H2,1,3-5H3,(H,31,35)(H,32,33)/b10-6-. The van der Waals surface area contributed by atoms with Crippen LogP contribution >= 0.6 is 0 Å². The molecule has 2 aromatic rings. The predicted octanol–water partition coefficient (Wildman–Crippen LogP) is 5.68. The maximum Gasteiger partial charge on any atom is 0.407 e. The highest BCUT2D eigenvalue weighted by Crippen LogP contribution is 2.43. The summed E-state index contributed by atoms with van der Waals surface area (Å²) in [6.07, 6.45) is 4.90. The van der Waals surface area contributed by atoms with Gasteiger partial charge in [0, 0.05) is 12.3 Å². The van der Waals surface area contributed by atoms with Crippen LogP contribution in [0.5, 0.6) is 0 Å². The van der Waals surface area contributed by atoms with Crippen molar-refractivity contribution in [2.45, 2.75) is 51.7 Å². The number of carboxylic acids is 1. The van der Waals surface area contributed by atoms with Crippen molar-refractivity contribution < 1.29 is 29.0 Å². The van der Waals surface area contributed by atoms with E-state index in [9.17, 15) is 19.5 Å². The van der Waals surface area contributed by atoms with Gasteiger partial charge in [0.05, 0.1) is 5.56 Å². The number of fused-ring (bicyclic) bond motifs is 1. The summed E-state index contributed by atoms with van der Waals surface area (Å²) in [5.74, 6) is -1.84. The lowest BCUT2D eigenvalue weighted by Gasteiger charge is -2.20. The molecule has 0 heterocycles. The highest BCUT2D eigenvalue weighted by atomic mass is 16.6. The number of alkyl carbamates (subject to hydrolysis) is 1. The van der Waals surface area contributed by atoms with E-state index in [1.807, 2.05) is 43.3 Å². The lowest BCUT2D eigenvalue weighted by atomic mass is 9.96. The Labute approximate surface area is 217 Å². The molecule has 0 aromatic heterocycles. The van der Waals surface area contributed by atoms with Crippen molar-refractivity contribution in [2.24, 2.45) is 0 Å². The van der Waals surface area contributed by atoms with Crippen LogP contribution in [0.4, 0.5) is 4.79 Å². The van der Waals surface area contributed by atoms with Crippen molar-refractivity contribution in [1.29, 1.82) is 0 Å². The number of hydrogen-bond acceptors (Lipinski definition) is 5. The van der Waals surface area contributed by atoms with Crippen LogP contribution in [0, 0.1) is 0 Å². The van der Waals surface area contributed by atoms with E-state index < -0.39 is 29.7 Å². The molecule has 2 aromatic carbocycles. The van der Waals surface area contributed by atoms with E-state index in [2.05, 4.69) is 11.9 Å².